The number of amides is 1. The average Bonchev–Trinajstić information content (AvgIpc) is 3.22. The first-order chi connectivity index (χ1) is 11.3. The molecule has 2 aromatic rings. The highest BCUT2D eigenvalue weighted by molar-refractivity contribution is 5.80. The van der Waals surface area contributed by atoms with E-state index in [9.17, 15) is 4.79 Å². The fraction of sp³-hybridized carbons (Fsp3) is 0.444. The Balaban J connectivity index is 1.53. The van der Waals surface area contributed by atoms with Gasteiger partial charge in [0, 0.05) is 19.5 Å². The van der Waals surface area contributed by atoms with Gasteiger partial charge >= 0.3 is 0 Å². The van der Waals surface area contributed by atoms with Crippen LogP contribution in [0.4, 0.5) is 0 Å². The lowest BCUT2D eigenvalue weighted by atomic mass is 10.0. The van der Waals surface area contributed by atoms with Gasteiger partial charge in [0.05, 0.1) is 17.1 Å². The summed E-state index contributed by atoms with van der Waals surface area (Å²) in [4.78, 5) is 22.8. The van der Waals surface area contributed by atoms with Crippen LogP contribution >= 0.6 is 0 Å². The maximum atomic E-state index is 12.7. The third kappa shape index (κ3) is 2.88. The van der Waals surface area contributed by atoms with Gasteiger partial charge in [0.2, 0.25) is 5.91 Å². The number of nitrogens with one attached hydrogen (secondary N) is 2. The van der Waals surface area contributed by atoms with Gasteiger partial charge in [-0.3, -0.25) is 4.79 Å². The summed E-state index contributed by atoms with van der Waals surface area (Å²) in [6, 6.07) is 8.14. The van der Waals surface area contributed by atoms with E-state index in [4.69, 9.17) is 4.98 Å². The number of rotatable bonds is 3. The molecule has 2 N–H and O–H groups in total. The SMILES string of the molecule is O=C(CC1=CCNCC1)N1CCCC1c1nc2ccccc2[nH]1. The number of aromatic nitrogens is 2. The summed E-state index contributed by atoms with van der Waals surface area (Å²) in [6.45, 7) is 2.70. The smallest absolute Gasteiger partial charge is 0.227 e. The number of likely N-dealkylation sites (tertiary alicyclic amines) is 1. The van der Waals surface area contributed by atoms with Gasteiger partial charge in [-0.15, -0.1) is 0 Å². The summed E-state index contributed by atoms with van der Waals surface area (Å²) in [5.74, 6) is 1.16. The van der Waals surface area contributed by atoms with Gasteiger partial charge in [0.1, 0.15) is 5.82 Å². The number of nitrogens with zero attached hydrogens (tertiary/aromatic N) is 2. The van der Waals surface area contributed by atoms with E-state index in [0.717, 1.165) is 55.8 Å². The van der Waals surface area contributed by atoms with Crippen LogP contribution in [0.15, 0.2) is 35.9 Å². The zero-order valence-electron chi connectivity index (χ0n) is 13.2. The number of carbonyl (C=O) groups is 1. The van der Waals surface area contributed by atoms with E-state index >= 15 is 0 Å². The normalized spacial score (nSPS) is 21.7. The Morgan fingerprint density at radius 1 is 1.35 bits per heavy atom. The van der Waals surface area contributed by atoms with E-state index in [2.05, 4.69) is 16.4 Å². The van der Waals surface area contributed by atoms with Crippen molar-refractivity contribution in [3.05, 3.63) is 41.7 Å². The third-order valence-electron chi connectivity index (χ3n) is 4.83. The Morgan fingerprint density at radius 2 is 2.26 bits per heavy atom. The first-order valence-electron chi connectivity index (χ1n) is 8.44. The number of benzene rings is 1. The minimum atomic E-state index is 0.0946. The monoisotopic (exact) mass is 310 g/mol. The summed E-state index contributed by atoms with van der Waals surface area (Å²) in [5, 5.41) is 3.29. The van der Waals surface area contributed by atoms with Crippen LogP contribution in [0.5, 0.6) is 0 Å². The second-order valence-electron chi connectivity index (χ2n) is 6.38. The molecule has 5 nitrogen and oxygen atoms in total. The molecule has 0 radical (unpaired) electrons. The van der Waals surface area contributed by atoms with E-state index in [1.54, 1.807) is 0 Å². The van der Waals surface area contributed by atoms with Crippen molar-refractivity contribution in [2.45, 2.75) is 31.7 Å². The molecule has 2 aliphatic rings. The van der Waals surface area contributed by atoms with Crippen LogP contribution in [0.2, 0.25) is 0 Å². The van der Waals surface area contributed by atoms with E-state index in [-0.39, 0.29) is 11.9 Å². The maximum absolute atomic E-state index is 12.7. The molecule has 1 unspecified atom stereocenters. The second kappa shape index (κ2) is 6.16. The van der Waals surface area contributed by atoms with Gasteiger partial charge in [-0.2, -0.15) is 0 Å². The topological polar surface area (TPSA) is 61.0 Å². The molecule has 23 heavy (non-hydrogen) atoms. The van der Waals surface area contributed by atoms with Crippen LogP contribution in [0.1, 0.15) is 37.5 Å². The highest BCUT2D eigenvalue weighted by atomic mass is 16.2. The van der Waals surface area contributed by atoms with Crippen LogP contribution < -0.4 is 5.32 Å². The van der Waals surface area contributed by atoms with Gasteiger partial charge in [-0.05, 0) is 37.9 Å². The molecule has 1 aromatic heterocycles. The fourth-order valence-corrected chi connectivity index (χ4v) is 3.61. The highest BCUT2D eigenvalue weighted by Gasteiger charge is 2.32. The van der Waals surface area contributed by atoms with Crippen molar-refractivity contribution in [3.8, 4) is 0 Å². The molecule has 4 rings (SSSR count). The molecule has 0 aliphatic carbocycles. The number of aromatic amines is 1. The number of imidazole rings is 1. The molecule has 0 saturated carbocycles. The highest BCUT2D eigenvalue weighted by Crippen LogP contribution is 2.32. The van der Waals surface area contributed by atoms with Crippen molar-refractivity contribution in [1.82, 2.24) is 20.2 Å². The lowest BCUT2D eigenvalue weighted by molar-refractivity contribution is -0.131. The van der Waals surface area contributed by atoms with Crippen LogP contribution in [-0.4, -0.2) is 40.4 Å². The minimum absolute atomic E-state index is 0.0946. The predicted molar refractivity (Wildman–Crippen MR) is 90.0 cm³/mol. The van der Waals surface area contributed by atoms with Crippen LogP contribution in [0.25, 0.3) is 11.0 Å². The quantitative estimate of drug-likeness (QED) is 0.857. The molecule has 2 aliphatic heterocycles. The lowest BCUT2D eigenvalue weighted by Gasteiger charge is -2.24. The average molecular weight is 310 g/mol. The standard InChI is InChI=1S/C18H22N4O/c23-17(12-13-7-9-19-10-8-13)22-11-3-6-16(22)18-20-14-4-1-2-5-15(14)21-18/h1-2,4-5,7,16,19H,3,6,8-12H2,(H,20,21). The van der Waals surface area contributed by atoms with Crippen LogP contribution in [-0.2, 0) is 4.79 Å². The number of hydrogen-bond donors (Lipinski definition) is 2. The third-order valence-corrected chi connectivity index (χ3v) is 4.83. The van der Waals surface area contributed by atoms with E-state index in [0.29, 0.717) is 6.42 Å². The van der Waals surface area contributed by atoms with Crippen molar-refractivity contribution in [2.75, 3.05) is 19.6 Å². The maximum Gasteiger partial charge on any atom is 0.227 e. The van der Waals surface area contributed by atoms with Crippen molar-refractivity contribution in [1.29, 1.82) is 0 Å². The molecule has 1 aromatic carbocycles. The summed E-state index contributed by atoms with van der Waals surface area (Å²) in [6.07, 6.45) is 5.74. The second-order valence-corrected chi connectivity index (χ2v) is 6.38. The van der Waals surface area contributed by atoms with Gasteiger partial charge in [0.15, 0.2) is 0 Å². The molecular weight excluding hydrogens is 288 g/mol. The molecule has 1 amide bonds. The van der Waals surface area contributed by atoms with Gasteiger partial charge in [0.25, 0.3) is 0 Å². The number of H-pyrrole nitrogens is 1. The zero-order valence-corrected chi connectivity index (χ0v) is 13.2. The van der Waals surface area contributed by atoms with E-state index in [1.807, 2.05) is 29.2 Å². The van der Waals surface area contributed by atoms with Crippen molar-refractivity contribution in [3.63, 3.8) is 0 Å². The number of para-hydroxylation sites is 2. The Morgan fingerprint density at radius 3 is 3.09 bits per heavy atom. The zero-order chi connectivity index (χ0) is 15.6. The predicted octanol–water partition coefficient (Wildman–Crippen LogP) is 2.54. The molecule has 3 heterocycles. The van der Waals surface area contributed by atoms with Gasteiger partial charge in [-0.25, -0.2) is 4.98 Å². The Bertz CT molecular complexity index is 715. The molecule has 1 saturated heterocycles. The minimum Gasteiger partial charge on any atom is -0.340 e. The first kappa shape index (κ1) is 14.5. The molecule has 5 heteroatoms. The van der Waals surface area contributed by atoms with E-state index in [1.165, 1.54) is 5.57 Å². The van der Waals surface area contributed by atoms with Crippen LogP contribution in [0.3, 0.4) is 0 Å². The lowest BCUT2D eigenvalue weighted by Crippen LogP contribution is -2.32. The Labute approximate surface area is 135 Å². The number of hydrogen-bond acceptors (Lipinski definition) is 3. The van der Waals surface area contributed by atoms with Gasteiger partial charge in [-0.1, -0.05) is 23.8 Å². The summed E-state index contributed by atoms with van der Waals surface area (Å²) in [7, 11) is 0. The number of carbonyl (C=O) groups excluding carboxylic acids is 1. The number of fused-ring (bicyclic) bond motifs is 1. The first-order valence-corrected chi connectivity index (χ1v) is 8.44. The van der Waals surface area contributed by atoms with Crippen molar-refractivity contribution in [2.24, 2.45) is 0 Å². The summed E-state index contributed by atoms with van der Waals surface area (Å²) >= 11 is 0. The van der Waals surface area contributed by atoms with Crippen molar-refractivity contribution >= 4 is 16.9 Å². The molecule has 1 fully saturated rings. The Kier molecular flexibility index (Phi) is 3.87. The van der Waals surface area contributed by atoms with E-state index < -0.39 is 0 Å². The largest absolute Gasteiger partial charge is 0.340 e. The van der Waals surface area contributed by atoms with Gasteiger partial charge < -0.3 is 15.2 Å². The van der Waals surface area contributed by atoms with Crippen LogP contribution in [0, 0.1) is 0 Å². The molecule has 120 valence electrons. The Hall–Kier alpha value is -2.14. The molecule has 0 spiro atoms. The molecule has 0 bridgehead atoms. The summed E-state index contributed by atoms with van der Waals surface area (Å²) < 4.78 is 0. The van der Waals surface area contributed by atoms with Crippen molar-refractivity contribution < 1.29 is 4.79 Å². The summed E-state index contributed by atoms with van der Waals surface area (Å²) in [5.41, 5.74) is 3.29. The molecule has 1 atom stereocenters. The fourth-order valence-electron chi connectivity index (χ4n) is 3.61. The molecular formula is C18H22N4O.